The van der Waals surface area contributed by atoms with Gasteiger partial charge in [-0.05, 0) is 31.7 Å². The minimum atomic E-state index is -1.06. The van der Waals surface area contributed by atoms with Crippen LogP contribution in [0.4, 0.5) is 13.2 Å². The molecule has 2 rings (SSSR count). The largest absolute Gasteiger partial charge is 0.512 e. The topological polar surface area (TPSA) is 63.1 Å². The van der Waals surface area contributed by atoms with E-state index in [1.54, 1.807) is 0 Å². The van der Waals surface area contributed by atoms with Crippen molar-refractivity contribution in [1.29, 1.82) is 0 Å². The van der Waals surface area contributed by atoms with Gasteiger partial charge >= 0.3 is 0 Å². The van der Waals surface area contributed by atoms with Crippen LogP contribution in [-0.2, 0) is 24.9 Å². The number of allylic oxidation sites excluding steroid dienone is 2. The SMILES string of the molecule is CC(=O)/C=C(/C)O.Fc1ccnc(-c2[c-]cc(F)nc2F)c1.[Ir]. The number of hydrogen-bond acceptors (Lipinski definition) is 4. The minimum absolute atomic E-state index is 0. The summed E-state index contributed by atoms with van der Waals surface area (Å²) >= 11 is 0. The number of rotatable bonds is 2. The van der Waals surface area contributed by atoms with E-state index in [9.17, 15) is 18.0 Å². The number of hydrogen-bond donors (Lipinski definition) is 1. The molecule has 0 bridgehead atoms. The van der Waals surface area contributed by atoms with Gasteiger partial charge < -0.3 is 10.1 Å². The van der Waals surface area contributed by atoms with Crippen molar-refractivity contribution >= 4 is 5.78 Å². The molecule has 0 fully saturated rings. The molecule has 1 radical (unpaired) electrons. The number of carbonyl (C=O) groups excluding carboxylic acids is 1. The molecule has 4 nitrogen and oxygen atoms in total. The van der Waals surface area contributed by atoms with E-state index in [0.29, 0.717) is 0 Å². The molecule has 23 heavy (non-hydrogen) atoms. The van der Waals surface area contributed by atoms with Gasteiger partial charge in [0.05, 0.1) is 5.76 Å². The molecule has 0 aliphatic carbocycles. The first-order valence-electron chi connectivity index (χ1n) is 6.03. The number of carbonyl (C=O) groups is 1. The second kappa shape index (κ2) is 9.86. The minimum Gasteiger partial charge on any atom is -0.512 e. The van der Waals surface area contributed by atoms with Crippen LogP contribution >= 0.6 is 0 Å². The monoisotopic (exact) mass is 502 g/mol. The summed E-state index contributed by atoms with van der Waals surface area (Å²) < 4.78 is 38.4. The molecule has 0 unspecified atom stereocenters. The zero-order valence-corrected chi connectivity index (χ0v) is 14.5. The van der Waals surface area contributed by atoms with Crippen LogP contribution in [0, 0.1) is 23.8 Å². The summed E-state index contributed by atoms with van der Waals surface area (Å²) in [6, 6.07) is 5.32. The Labute approximate surface area is 144 Å². The van der Waals surface area contributed by atoms with Crippen LogP contribution in [0.2, 0.25) is 0 Å². The molecule has 1 N–H and O–H groups in total. The van der Waals surface area contributed by atoms with Crippen molar-refractivity contribution < 1.29 is 43.2 Å². The molecule has 2 aromatic rings. The van der Waals surface area contributed by atoms with E-state index in [-0.39, 0.29) is 42.9 Å². The van der Waals surface area contributed by atoms with Crippen LogP contribution in [0.1, 0.15) is 13.8 Å². The maximum absolute atomic E-state index is 13.1. The Kier molecular flexibility index (Phi) is 8.98. The molecule has 0 saturated heterocycles. The molecular formula is C15H12F3IrN2O2-. The van der Waals surface area contributed by atoms with Gasteiger partial charge in [-0.15, -0.1) is 6.07 Å². The van der Waals surface area contributed by atoms with E-state index in [0.717, 1.165) is 18.2 Å². The van der Waals surface area contributed by atoms with Crippen LogP contribution in [0.25, 0.3) is 11.3 Å². The van der Waals surface area contributed by atoms with Gasteiger partial charge in [0.15, 0.2) is 5.78 Å². The number of aliphatic hydroxyl groups excluding tert-OH is 1. The van der Waals surface area contributed by atoms with Crippen molar-refractivity contribution in [3.8, 4) is 11.3 Å². The third-order valence-electron chi connectivity index (χ3n) is 2.14. The van der Waals surface area contributed by atoms with Crippen molar-refractivity contribution in [2.75, 3.05) is 0 Å². The number of halogens is 3. The summed E-state index contributed by atoms with van der Waals surface area (Å²) in [7, 11) is 0. The first-order chi connectivity index (χ1) is 10.3. The fourth-order valence-corrected chi connectivity index (χ4v) is 1.39. The number of aliphatic hydroxyl groups is 1. The molecule has 0 aliphatic heterocycles. The van der Waals surface area contributed by atoms with E-state index in [1.807, 2.05) is 0 Å². The Bertz CT molecular complexity index is 705. The Morgan fingerprint density at radius 2 is 1.96 bits per heavy atom. The molecule has 0 spiro atoms. The quantitative estimate of drug-likeness (QED) is 0.297. The summed E-state index contributed by atoms with van der Waals surface area (Å²) in [6.07, 6.45) is 2.35. The van der Waals surface area contributed by atoms with Crippen molar-refractivity contribution in [2.24, 2.45) is 0 Å². The van der Waals surface area contributed by atoms with E-state index >= 15 is 0 Å². The molecule has 0 saturated carbocycles. The summed E-state index contributed by atoms with van der Waals surface area (Å²) in [6.45, 7) is 2.85. The van der Waals surface area contributed by atoms with Gasteiger partial charge in [-0.25, -0.2) is 13.2 Å². The predicted molar refractivity (Wildman–Crippen MR) is 73.2 cm³/mol. The molecule has 0 amide bonds. The van der Waals surface area contributed by atoms with E-state index in [1.165, 1.54) is 26.1 Å². The van der Waals surface area contributed by atoms with Crippen LogP contribution < -0.4 is 0 Å². The standard InChI is InChI=1S/C10H4F3N2.C5H8O2.Ir/c11-6-3-4-14-8(5-6)7-1-2-9(12)15-10(7)13;1-4(6)3-5(2)7;/h2-5H;3,6H,1-2H3;/q-1;;/b;4-3-;. The van der Waals surface area contributed by atoms with Crippen molar-refractivity contribution in [1.82, 2.24) is 9.97 Å². The van der Waals surface area contributed by atoms with Gasteiger partial charge in [0.25, 0.3) is 0 Å². The van der Waals surface area contributed by atoms with Crippen LogP contribution in [0.15, 0.2) is 36.2 Å². The molecule has 8 heteroatoms. The molecule has 0 aliphatic rings. The fraction of sp³-hybridized carbons (Fsp3) is 0.133. The average molecular weight is 501 g/mol. The summed E-state index contributed by atoms with van der Waals surface area (Å²) in [5.41, 5.74) is -0.129. The molecule has 0 aromatic carbocycles. The van der Waals surface area contributed by atoms with Crippen LogP contribution in [-0.4, -0.2) is 20.9 Å². The third-order valence-corrected chi connectivity index (χ3v) is 2.14. The normalized spacial score (nSPS) is 10.2. The van der Waals surface area contributed by atoms with Crippen molar-refractivity contribution in [3.05, 3.63) is 60.0 Å². The van der Waals surface area contributed by atoms with Gasteiger partial charge in [-0.3, -0.25) is 9.78 Å². The first kappa shape index (κ1) is 20.9. The van der Waals surface area contributed by atoms with Crippen LogP contribution in [0.5, 0.6) is 0 Å². The van der Waals surface area contributed by atoms with Gasteiger partial charge in [-0.2, -0.15) is 0 Å². The van der Waals surface area contributed by atoms with Gasteiger partial charge in [0.1, 0.15) is 17.7 Å². The van der Waals surface area contributed by atoms with Crippen molar-refractivity contribution in [2.45, 2.75) is 13.8 Å². The zero-order valence-electron chi connectivity index (χ0n) is 12.1. The number of nitrogens with zero attached hydrogens (tertiary/aromatic N) is 2. The molecule has 2 heterocycles. The first-order valence-corrected chi connectivity index (χ1v) is 6.03. The Balaban J connectivity index is 0.000000522. The Hall–Kier alpha value is -2.05. The van der Waals surface area contributed by atoms with Gasteiger partial charge in [0.2, 0.25) is 0 Å². The van der Waals surface area contributed by atoms with E-state index < -0.39 is 17.7 Å². The average Bonchev–Trinajstić information content (AvgIpc) is 2.37. The number of ketones is 1. The second-order valence-electron chi connectivity index (χ2n) is 4.14. The zero-order chi connectivity index (χ0) is 16.7. The Morgan fingerprint density at radius 1 is 1.30 bits per heavy atom. The van der Waals surface area contributed by atoms with Crippen LogP contribution in [0.3, 0.4) is 0 Å². The molecule has 125 valence electrons. The Morgan fingerprint density at radius 3 is 2.39 bits per heavy atom. The van der Waals surface area contributed by atoms with Gasteiger partial charge in [-0.1, -0.05) is 11.6 Å². The summed E-state index contributed by atoms with van der Waals surface area (Å²) in [5, 5.41) is 8.36. The number of pyridine rings is 2. The third kappa shape index (κ3) is 7.67. The smallest absolute Gasteiger partial charge is 0.155 e. The van der Waals surface area contributed by atoms with Crippen molar-refractivity contribution in [3.63, 3.8) is 0 Å². The number of aromatic nitrogens is 2. The van der Waals surface area contributed by atoms with E-state index in [4.69, 9.17) is 5.11 Å². The van der Waals surface area contributed by atoms with E-state index in [2.05, 4.69) is 16.0 Å². The molecule has 0 atom stereocenters. The maximum atomic E-state index is 13.1. The maximum Gasteiger partial charge on any atom is 0.155 e. The molecule has 2 aromatic heterocycles. The summed E-state index contributed by atoms with van der Waals surface area (Å²) in [5.74, 6) is -2.66. The second-order valence-corrected chi connectivity index (χ2v) is 4.14. The van der Waals surface area contributed by atoms with Gasteiger partial charge in [0, 0.05) is 32.4 Å². The molecular weight excluding hydrogens is 489 g/mol. The summed E-state index contributed by atoms with van der Waals surface area (Å²) in [4.78, 5) is 16.7. The predicted octanol–water partition coefficient (Wildman–Crippen LogP) is 3.40. The fourth-order valence-electron chi connectivity index (χ4n) is 1.39.